The highest BCUT2D eigenvalue weighted by Gasteiger charge is 2.58. The molecule has 0 aromatic rings. The molecule has 0 bridgehead atoms. The first-order valence-corrected chi connectivity index (χ1v) is 13.7. The van der Waals surface area contributed by atoms with E-state index in [1.807, 2.05) is 5.57 Å². The average molecular weight is 427 g/mol. The minimum absolute atomic E-state index is 0.0871. The van der Waals surface area contributed by atoms with Gasteiger partial charge in [0.15, 0.2) is 0 Å². The molecule has 31 heavy (non-hydrogen) atoms. The van der Waals surface area contributed by atoms with E-state index in [-0.39, 0.29) is 11.5 Å². The largest absolute Gasteiger partial charge is 0.393 e. The van der Waals surface area contributed by atoms with Crippen LogP contribution >= 0.6 is 0 Å². The first-order valence-electron chi connectivity index (χ1n) is 13.7. The number of aliphatic hydroxyl groups is 1. The Balaban J connectivity index is 1.59. The molecule has 0 aromatic carbocycles. The molecule has 176 valence electrons. The van der Waals surface area contributed by atoms with Crippen molar-refractivity contribution in [1.29, 1.82) is 0 Å². The van der Waals surface area contributed by atoms with Crippen LogP contribution in [0.5, 0.6) is 0 Å². The highest BCUT2D eigenvalue weighted by molar-refractivity contribution is 5.49. The summed E-state index contributed by atoms with van der Waals surface area (Å²) in [5.74, 6) is 3.15. The number of fused-ring (bicyclic) bond motifs is 4. The van der Waals surface area contributed by atoms with Crippen molar-refractivity contribution in [2.45, 2.75) is 125 Å². The van der Waals surface area contributed by atoms with E-state index in [9.17, 15) is 5.11 Å². The van der Waals surface area contributed by atoms with Crippen molar-refractivity contribution < 1.29 is 5.11 Å². The number of hydrogen-bond acceptors (Lipinski definition) is 1. The lowest BCUT2D eigenvalue weighted by molar-refractivity contribution is -0.103. The van der Waals surface area contributed by atoms with Crippen LogP contribution in [0.4, 0.5) is 0 Å². The Labute approximate surface area is 193 Å². The topological polar surface area (TPSA) is 20.2 Å². The van der Waals surface area contributed by atoms with Crippen LogP contribution in [-0.2, 0) is 0 Å². The van der Waals surface area contributed by atoms with Gasteiger partial charge in [-0.3, -0.25) is 0 Å². The molecule has 1 nitrogen and oxygen atoms in total. The van der Waals surface area contributed by atoms with Crippen LogP contribution in [0.1, 0.15) is 119 Å². The van der Waals surface area contributed by atoms with Gasteiger partial charge >= 0.3 is 0 Å². The Kier molecular flexibility index (Phi) is 6.35. The van der Waals surface area contributed by atoms with Gasteiger partial charge in [0, 0.05) is 0 Å². The lowest BCUT2D eigenvalue weighted by atomic mass is 9.45. The summed E-state index contributed by atoms with van der Waals surface area (Å²) in [6, 6.07) is 0. The van der Waals surface area contributed by atoms with E-state index in [0.29, 0.717) is 16.7 Å². The van der Waals surface area contributed by atoms with Crippen molar-refractivity contribution in [3.05, 3.63) is 22.8 Å². The normalized spacial score (nSPS) is 43.4. The predicted molar refractivity (Wildman–Crippen MR) is 133 cm³/mol. The van der Waals surface area contributed by atoms with Gasteiger partial charge in [-0.05, 0) is 102 Å². The molecule has 0 aromatic heterocycles. The van der Waals surface area contributed by atoms with Gasteiger partial charge in [0.1, 0.15) is 0 Å². The summed E-state index contributed by atoms with van der Waals surface area (Å²) in [6.45, 7) is 17.2. The average Bonchev–Trinajstić information content (AvgIpc) is 3.08. The van der Waals surface area contributed by atoms with Gasteiger partial charge in [0.2, 0.25) is 0 Å². The third kappa shape index (κ3) is 3.60. The van der Waals surface area contributed by atoms with Crippen LogP contribution < -0.4 is 0 Å². The first kappa shape index (κ1) is 23.6. The molecule has 1 fully saturated rings. The van der Waals surface area contributed by atoms with E-state index in [2.05, 4.69) is 54.5 Å². The molecule has 0 radical (unpaired) electrons. The highest BCUT2D eigenvalue weighted by atomic mass is 16.3. The van der Waals surface area contributed by atoms with Crippen molar-refractivity contribution in [2.24, 2.45) is 39.9 Å². The molecule has 7 atom stereocenters. The Morgan fingerprint density at radius 2 is 1.74 bits per heavy atom. The maximum Gasteiger partial charge on any atom is 0.0597 e. The maximum atomic E-state index is 10.9. The standard InChI is InChI=1S/C30H50O/c1-8-28(5)26-15-12-22-24-14-13-23(21(4)11-9-10-20(2)3)29(24,6)18-16-25(22)30(26,7)19-17-27(28)31/h14,20-21,23,26-27,31H,8-13,15-19H2,1-7H3/t21-,23-,26?,27+,28-,29-,30-/m1/s1. The number of allylic oxidation sites excluding steroid dienone is 4. The van der Waals surface area contributed by atoms with Crippen molar-refractivity contribution in [3.8, 4) is 0 Å². The lowest BCUT2D eigenvalue weighted by Crippen LogP contribution is -2.54. The Bertz CT molecular complexity index is 744. The monoisotopic (exact) mass is 426 g/mol. The molecule has 4 aliphatic carbocycles. The second-order valence-electron chi connectivity index (χ2n) is 13.1. The van der Waals surface area contributed by atoms with E-state index in [1.165, 1.54) is 57.8 Å². The molecule has 1 unspecified atom stereocenters. The van der Waals surface area contributed by atoms with E-state index < -0.39 is 0 Å². The van der Waals surface area contributed by atoms with Crippen LogP contribution in [0.2, 0.25) is 0 Å². The van der Waals surface area contributed by atoms with Crippen LogP contribution in [0.3, 0.4) is 0 Å². The highest BCUT2D eigenvalue weighted by Crippen LogP contribution is 2.67. The van der Waals surface area contributed by atoms with Crippen molar-refractivity contribution in [1.82, 2.24) is 0 Å². The molecule has 0 saturated heterocycles. The second-order valence-corrected chi connectivity index (χ2v) is 13.1. The molecule has 0 aliphatic heterocycles. The van der Waals surface area contributed by atoms with Gasteiger partial charge in [-0.2, -0.15) is 0 Å². The molecule has 1 N–H and O–H groups in total. The zero-order chi connectivity index (χ0) is 22.6. The van der Waals surface area contributed by atoms with Crippen LogP contribution in [-0.4, -0.2) is 11.2 Å². The molecular weight excluding hydrogens is 376 g/mol. The Hall–Kier alpha value is -0.560. The summed E-state index contributed by atoms with van der Waals surface area (Å²) in [6.07, 6.45) is 16.5. The van der Waals surface area contributed by atoms with Crippen LogP contribution in [0, 0.1) is 39.9 Å². The Morgan fingerprint density at radius 3 is 2.42 bits per heavy atom. The van der Waals surface area contributed by atoms with Crippen LogP contribution in [0.25, 0.3) is 0 Å². The molecule has 4 rings (SSSR count). The van der Waals surface area contributed by atoms with Gasteiger partial charge in [0.05, 0.1) is 6.10 Å². The van der Waals surface area contributed by atoms with E-state index in [4.69, 9.17) is 0 Å². The summed E-state index contributed by atoms with van der Waals surface area (Å²) in [5, 5.41) is 10.9. The van der Waals surface area contributed by atoms with Crippen molar-refractivity contribution in [3.63, 3.8) is 0 Å². The summed E-state index contributed by atoms with van der Waals surface area (Å²) >= 11 is 0. The molecule has 0 heterocycles. The maximum absolute atomic E-state index is 10.9. The number of rotatable bonds is 6. The Morgan fingerprint density at radius 1 is 1.00 bits per heavy atom. The van der Waals surface area contributed by atoms with Crippen LogP contribution in [0.15, 0.2) is 22.8 Å². The SMILES string of the molecule is CC[C@]1(C)C2CCC3=C(CC[C@@]4(C)C3=CC[C@@H]4[C@H](C)CCCC(C)C)[C@@]2(C)CC[C@@H]1O. The third-order valence-corrected chi connectivity index (χ3v) is 11.1. The summed E-state index contributed by atoms with van der Waals surface area (Å²) in [4.78, 5) is 0. The molecule has 1 saturated carbocycles. The third-order valence-electron chi connectivity index (χ3n) is 11.1. The summed E-state index contributed by atoms with van der Waals surface area (Å²) < 4.78 is 0. The number of hydrogen-bond donors (Lipinski definition) is 1. The quantitative estimate of drug-likeness (QED) is 0.451. The van der Waals surface area contributed by atoms with E-state index >= 15 is 0 Å². The first-order chi connectivity index (χ1) is 14.6. The minimum Gasteiger partial charge on any atom is -0.393 e. The van der Waals surface area contributed by atoms with E-state index in [0.717, 1.165) is 30.6 Å². The van der Waals surface area contributed by atoms with E-state index in [1.54, 1.807) is 11.1 Å². The lowest BCUT2D eigenvalue weighted by Gasteiger charge is -2.60. The second kappa shape index (κ2) is 8.34. The molecule has 4 aliphatic rings. The van der Waals surface area contributed by atoms with Gasteiger partial charge in [-0.15, -0.1) is 0 Å². The fourth-order valence-electron chi connectivity index (χ4n) is 8.93. The fraction of sp³-hybridized carbons (Fsp3) is 0.867. The molecule has 1 heteroatoms. The minimum atomic E-state index is -0.117. The zero-order valence-corrected chi connectivity index (χ0v) is 21.7. The number of aliphatic hydroxyl groups excluding tert-OH is 1. The zero-order valence-electron chi connectivity index (χ0n) is 21.7. The summed E-state index contributed by atoms with van der Waals surface area (Å²) in [7, 11) is 0. The molecule has 0 spiro atoms. The van der Waals surface area contributed by atoms with Gasteiger partial charge in [-0.25, -0.2) is 0 Å². The molecular formula is C30H50O. The van der Waals surface area contributed by atoms with Crippen molar-refractivity contribution in [2.75, 3.05) is 0 Å². The van der Waals surface area contributed by atoms with Gasteiger partial charge in [-0.1, -0.05) is 79.4 Å². The van der Waals surface area contributed by atoms with Gasteiger partial charge in [0.25, 0.3) is 0 Å². The van der Waals surface area contributed by atoms with Crippen molar-refractivity contribution >= 4 is 0 Å². The summed E-state index contributed by atoms with van der Waals surface area (Å²) in [5.41, 5.74) is 6.15. The fourth-order valence-corrected chi connectivity index (χ4v) is 8.93. The predicted octanol–water partition coefficient (Wildman–Crippen LogP) is 8.48. The smallest absolute Gasteiger partial charge is 0.0597 e. The molecule has 0 amide bonds. The van der Waals surface area contributed by atoms with Gasteiger partial charge < -0.3 is 5.11 Å².